The molecule has 0 amide bonds. The molecular weight excluding hydrogens is 279 g/mol. The van der Waals surface area contributed by atoms with Gasteiger partial charge in [-0.05, 0) is 6.07 Å². The summed E-state index contributed by atoms with van der Waals surface area (Å²) in [6.07, 6.45) is 0. The van der Waals surface area contributed by atoms with Crippen LogP contribution in [-0.4, -0.2) is 30.2 Å². The molecule has 1 aromatic carbocycles. The Morgan fingerprint density at radius 2 is 1.64 bits per heavy atom. The van der Waals surface area contributed by atoms with Gasteiger partial charge in [-0.15, -0.1) is 4.90 Å². The molecule has 0 atom stereocenters. The molecule has 0 bridgehead atoms. The summed E-state index contributed by atoms with van der Waals surface area (Å²) < 4.78 is 4.94. The van der Waals surface area contributed by atoms with Gasteiger partial charge in [-0.2, -0.15) is 6.92 Å². The fraction of sp³-hybridized carbons (Fsp3) is 0.222. The maximum atomic E-state index is 4.94. The van der Waals surface area contributed by atoms with Crippen LogP contribution >= 0.6 is 0 Å². The number of ether oxygens (including phenoxy) is 1. The van der Waals surface area contributed by atoms with Crippen molar-refractivity contribution in [1.29, 1.82) is 0 Å². The predicted octanol–water partition coefficient (Wildman–Crippen LogP) is -0.938. The van der Waals surface area contributed by atoms with E-state index < -0.39 is 0 Å². The molecule has 0 heterocycles. The molecular formula is C9H12ClCuMgOS. The zero-order valence-corrected chi connectivity index (χ0v) is 12.1. The average Bonchev–Trinajstić information content (AvgIpc) is 2.09. The Morgan fingerprint density at radius 3 is 1.93 bits per heavy atom. The van der Waals surface area contributed by atoms with Crippen molar-refractivity contribution in [2.45, 2.75) is 11.8 Å². The van der Waals surface area contributed by atoms with Gasteiger partial charge >= 0.3 is 40.1 Å². The van der Waals surface area contributed by atoms with E-state index in [1.54, 1.807) is 14.0 Å². The quantitative estimate of drug-likeness (QED) is 0.375. The maximum Gasteiger partial charge on any atom is 2.00 e. The van der Waals surface area contributed by atoms with Gasteiger partial charge in [-0.25, -0.2) is 0 Å². The van der Waals surface area contributed by atoms with Crippen LogP contribution in [0.25, 0.3) is 0 Å². The fourth-order valence-electron chi connectivity index (χ4n) is 0.619. The normalized spacial score (nSPS) is 6.21. The molecule has 0 aliphatic heterocycles. The Balaban J connectivity index is -0.0000000942. The summed E-state index contributed by atoms with van der Waals surface area (Å²) in [5.74, 6) is 0.771. The molecule has 14 heavy (non-hydrogen) atoms. The zero-order chi connectivity index (χ0) is 8.69. The van der Waals surface area contributed by atoms with Crippen molar-refractivity contribution in [3.05, 3.63) is 31.2 Å². The summed E-state index contributed by atoms with van der Waals surface area (Å²) >= 11 is 4.93. The van der Waals surface area contributed by atoms with Crippen LogP contribution < -0.4 is 17.1 Å². The minimum Gasteiger partial charge on any atom is -1.00 e. The monoisotopic (exact) mass is 290 g/mol. The fourth-order valence-corrected chi connectivity index (χ4v) is 0.849. The molecule has 0 saturated heterocycles. The van der Waals surface area contributed by atoms with Crippen molar-refractivity contribution in [3.63, 3.8) is 0 Å². The predicted molar refractivity (Wildman–Crippen MR) is 55.4 cm³/mol. The summed E-state index contributed by atoms with van der Waals surface area (Å²) in [4.78, 5) is 0.764. The third-order valence-electron chi connectivity index (χ3n) is 1.07. The number of benzene rings is 1. The largest absolute Gasteiger partial charge is 2.00 e. The third-order valence-corrected chi connectivity index (χ3v) is 1.41. The van der Waals surface area contributed by atoms with Crippen molar-refractivity contribution >= 4 is 35.7 Å². The minimum atomic E-state index is 0. The van der Waals surface area contributed by atoms with Crippen LogP contribution in [0, 0.1) is 6.92 Å². The number of methoxy groups -OCH3 is 1. The Kier molecular flexibility index (Phi) is 28.1. The van der Waals surface area contributed by atoms with Crippen LogP contribution in [-0.2, 0) is 29.7 Å². The molecule has 80 valence electrons. The van der Waals surface area contributed by atoms with Gasteiger partial charge in [0.15, 0.2) is 0 Å². The van der Waals surface area contributed by atoms with E-state index in [9.17, 15) is 0 Å². The summed E-state index contributed by atoms with van der Waals surface area (Å²) in [6.45, 7) is 5.00. The number of hydrogen-bond donors (Lipinski definition) is 0. The summed E-state index contributed by atoms with van der Waals surface area (Å²) in [7, 11) is 1.62. The van der Waals surface area contributed by atoms with Crippen LogP contribution in [0.4, 0.5) is 0 Å². The van der Waals surface area contributed by atoms with Gasteiger partial charge in [-0.3, -0.25) is 0 Å². The van der Waals surface area contributed by atoms with E-state index in [0.717, 1.165) is 10.6 Å². The second-order valence-corrected chi connectivity index (χ2v) is 2.09. The zero-order valence-electron chi connectivity index (χ0n) is 8.22. The maximum absolute atomic E-state index is 4.94. The molecule has 0 radical (unpaired) electrons. The third kappa shape index (κ3) is 9.37. The van der Waals surface area contributed by atoms with Crippen molar-refractivity contribution in [3.8, 4) is 5.75 Å². The molecule has 0 aliphatic carbocycles. The van der Waals surface area contributed by atoms with Gasteiger partial charge in [-0.1, -0.05) is 18.2 Å². The number of halogens is 1. The second kappa shape index (κ2) is 16.3. The Morgan fingerprint density at radius 1 is 1.21 bits per heavy atom. The first kappa shape index (κ1) is 24.2. The van der Waals surface area contributed by atoms with E-state index >= 15 is 0 Å². The summed E-state index contributed by atoms with van der Waals surface area (Å²) in [6, 6.07) is 7.48. The van der Waals surface area contributed by atoms with E-state index in [2.05, 4.69) is 6.92 Å². The Bertz CT molecular complexity index is 214. The molecule has 0 aromatic heterocycles. The second-order valence-electron chi connectivity index (χ2n) is 1.65. The number of rotatable bonds is 1. The molecule has 0 spiro atoms. The number of para-hydroxylation sites is 1. The molecule has 1 aromatic rings. The van der Waals surface area contributed by atoms with Crippen LogP contribution in [0.15, 0.2) is 29.2 Å². The standard InChI is InChI=1S/C7H8OS.C2H5.ClH.Cu.Mg/c1-8-6-4-2-3-5-7(6)9;1-2;;;/h2-5,9H,1H3;1H2,2H3;1H;;/q;-1;;+1;+2/p-2. The summed E-state index contributed by atoms with van der Waals surface area (Å²) in [5, 5.41) is 0. The van der Waals surface area contributed by atoms with E-state index in [4.69, 9.17) is 17.4 Å². The molecule has 1 nitrogen and oxygen atoms in total. The van der Waals surface area contributed by atoms with E-state index in [-0.39, 0.29) is 52.5 Å². The van der Waals surface area contributed by atoms with Gasteiger partial charge in [0.1, 0.15) is 0 Å². The van der Waals surface area contributed by atoms with Crippen LogP contribution in [0.1, 0.15) is 6.92 Å². The molecule has 1 rings (SSSR count). The first-order valence-electron chi connectivity index (χ1n) is 3.35. The minimum absolute atomic E-state index is 0. The van der Waals surface area contributed by atoms with Gasteiger partial charge in [0.05, 0.1) is 12.9 Å². The van der Waals surface area contributed by atoms with Crippen LogP contribution in [0.3, 0.4) is 0 Å². The van der Waals surface area contributed by atoms with E-state index in [1.807, 2.05) is 24.3 Å². The Hall–Kier alpha value is 0.816. The Labute approximate surface area is 125 Å². The van der Waals surface area contributed by atoms with Crippen LogP contribution in [0.5, 0.6) is 5.75 Å². The van der Waals surface area contributed by atoms with Crippen molar-refractivity contribution < 1.29 is 34.2 Å². The van der Waals surface area contributed by atoms with E-state index in [1.165, 1.54) is 0 Å². The molecule has 0 unspecified atom stereocenters. The molecule has 0 fully saturated rings. The SMILES string of the molecule is COc1ccccc1[S-].[CH2-]C.[Cl-].[Cu+].[Mg+2]. The first-order chi connectivity index (χ1) is 5.34. The smallest absolute Gasteiger partial charge is 1.00 e. The first-order valence-corrected chi connectivity index (χ1v) is 3.76. The van der Waals surface area contributed by atoms with Crippen molar-refractivity contribution in [1.82, 2.24) is 0 Å². The summed E-state index contributed by atoms with van der Waals surface area (Å²) in [5.41, 5.74) is 0. The molecule has 0 N–H and O–H groups in total. The average molecular weight is 292 g/mol. The molecule has 0 saturated carbocycles. The van der Waals surface area contributed by atoms with Crippen LogP contribution in [0.2, 0.25) is 0 Å². The van der Waals surface area contributed by atoms with Gasteiger partial charge < -0.3 is 36.7 Å². The van der Waals surface area contributed by atoms with Crippen molar-refractivity contribution in [2.24, 2.45) is 0 Å². The van der Waals surface area contributed by atoms with Crippen molar-refractivity contribution in [2.75, 3.05) is 7.11 Å². The van der Waals surface area contributed by atoms with E-state index in [0.29, 0.717) is 0 Å². The van der Waals surface area contributed by atoms with Gasteiger partial charge in [0, 0.05) is 0 Å². The topological polar surface area (TPSA) is 9.23 Å². The van der Waals surface area contributed by atoms with Gasteiger partial charge in [0.2, 0.25) is 0 Å². The molecule has 0 aliphatic rings. The number of hydrogen-bond acceptors (Lipinski definition) is 2. The van der Waals surface area contributed by atoms with Gasteiger partial charge in [0.25, 0.3) is 0 Å². The molecule has 5 heteroatoms.